The van der Waals surface area contributed by atoms with Crippen molar-refractivity contribution in [1.29, 1.82) is 0 Å². The molecule has 3 nitrogen and oxygen atoms in total. The topological polar surface area (TPSA) is 29.5 Å². The molecule has 0 N–H and O–H groups in total. The molecule has 2 aromatic carbocycles. The molecule has 2 aromatic rings. The Balaban J connectivity index is 0.00000225. The van der Waals surface area contributed by atoms with Crippen molar-refractivity contribution in [3.8, 4) is 5.75 Å². The first-order valence-corrected chi connectivity index (χ1v) is 10.4. The van der Waals surface area contributed by atoms with Crippen molar-refractivity contribution in [2.75, 3.05) is 20.2 Å². The Morgan fingerprint density at radius 2 is 1.79 bits per heavy atom. The summed E-state index contributed by atoms with van der Waals surface area (Å²) in [5, 5.41) is 2.22. The fourth-order valence-corrected chi connectivity index (χ4v) is 4.87. The summed E-state index contributed by atoms with van der Waals surface area (Å²) in [5.41, 5.74) is 0.860. The summed E-state index contributed by atoms with van der Waals surface area (Å²) >= 11 is 0. The average Bonchev–Trinajstić information content (AvgIpc) is 2.65. The lowest BCUT2D eigenvalue weighted by Gasteiger charge is -2.46. The molecule has 1 saturated carbocycles. The Bertz CT molecular complexity index is 830. The molecule has 1 saturated heterocycles. The van der Waals surface area contributed by atoms with Gasteiger partial charge in [-0.2, -0.15) is 0 Å². The SMILES string of the molecule is COc1ccc2cc(C(=O)[C@H]3CN(C4CCC4)CC[C@H]3C(C)C)ccc2c1.Cl. The average molecular weight is 402 g/mol. The summed E-state index contributed by atoms with van der Waals surface area (Å²) in [4.78, 5) is 16.1. The van der Waals surface area contributed by atoms with Gasteiger partial charge in [-0.3, -0.25) is 9.69 Å². The molecule has 4 heteroatoms. The van der Waals surface area contributed by atoms with Crippen molar-refractivity contribution in [3.63, 3.8) is 0 Å². The first-order chi connectivity index (χ1) is 13.1. The molecule has 2 fully saturated rings. The molecule has 1 heterocycles. The van der Waals surface area contributed by atoms with Crippen LogP contribution in [0.5, 0.6) is 5.75 Å². The molecule has 2 atom stereocenters. The molecule has 28 heavy (non-hydrogen) atoms. The summed E-state index contributed by atoms with van der Waals surface area (Å²) in [6.45, 7) is 6.65. The predicted molar refractivity (Wildman–Crippen MR) is 118 cm³/mol. The molecule has 4 rings (SSSR count). The molecule has 152 valence electrons. The lowest BCUT2D eigenvalue weighted by Crippen LogP contribution is -2.51. The first-order valence-electron chi connectivity index (χ1n) is 10.4. The number of nitrogens with zero attached hydrogens (tertiary/aromatic N) is 1. The maximum absolute atomic E-state index is 13.5. The van der Waals surface area contributed by atoms with Crippen LogP contribution in [0.1, 0.15) is 49.9 Å². The van der Waals surface area contributed by atoms with Crippen LogP contribution >= 0.6 is 12.4 Å². The number of halogens is 1. The van der Waals surface area contributed by atoms with Gasteiger partial charge in [0.05, 0.1) is 7.11 Å². The van der Waals surface area contributed by atoms with Crippen LogP contribution in [0.2, 0.25) is 0 Å². The molecule has 0 spiro atoms. The Kier molecular flexibility index (Phi) is 6.67. The molecule has 1 aliphatic carbocycles. The molecule has 0 amide bonds. The largest absolute Gasteiger partial charge is 0.497 e. The lowest BCUT2D eigenvalue weighted by atomic mass is 9.73. The molecular weight excluding hydrogens is 370 g/mol. The third-order valence-corrected chi connectivity index (χ3v) is 6.81. The van der Waals surface area contributed by atoms with E-state index in [9.17, 15) is 4.79 Å². The highest BCUT2D eigenvalue weighted by Gasteiger charge is 2.39. The second kappa shape index (κ2) is 8.84. The second-order valence-electron chi connectivity index (χ2n) is 8.67. The fraction of sp³-hybridized carbons (Fsp3) is 0.542. The molecule has 0 radical (unpaired) electrons. The van der Waals surface area contributed by atoms with Gasteiger partial charge in [-0.05, 0) is 66.6 Å². The molecule has 0 aromatic heterocycles. The maximum Gasteiger partial charge on any atom is 0.167 e. The van der Waals surface area contributed by atoms with Gasteiger partial charge >= 0.3 is 0 Å². The molecule has 0 unspecified atom stereocenters. The highest BCUT2D eigenvalue weighted by molar-refractivity contribution is 6.01. The van der Waals surface area contributed by atoms with Gasteiger partial charge in [-0.15, -0.1) is 12.4 Å². The van der Waals surface area contributed by atoms with Gasteiger partial charge in [0.25, 0.3) is 0 Å². The van der Waals surface area contributed by atoms with Gasteiger partial charge in [0.15, 0.2) is 5.78 Å². The van der Waals surface area contributed by atoms with Crippen LogP contribution in [0.3, 0.4) is 0 Å². The minimum absolute atomic E-state index is 0. The van der Waals surface area contributed by atoms with Crippen LogP contribution in [0.15, 0.2) is 36.4 Å². The Morgan fingerprint density at radius 3 is 2.43 bits per heavy atom. The van der Waals surface area contributed by atoms with Crippen LogP contribution in [-0.2, 0) is 0 Å². The van der Waals surface area contributed by atoms with Crippen molar-refractivity contribution in [2.24, 2.45) is 17.8 Å². The first kappa shape index (κ1) is 21.1. The van der Waals surface area contributed by atoms with Crippen LogP contribution < -0.4 is 4.74 Å². The monoisotopic (exact) mass is 401 g/mol. The number of piperidine rings is 1. The third kappa shape index (κ3) is 4.06. The second-order valence-corrected chi connectivity index (χ2v) is 8.67. The summed E-state index contributed by atoms with van der Waals surface area (Å²) in [7, 11) is 1.68. The van der Waals surface area contributed by atoms with Gasteiger partial charge in [0, 0.05) is 24.1 Å². The number of likely N-dealkylation sites (tertiary alicyclic amines) is 1. The van der Waals surface area contributed by atoms with Crippen molar-refractivity contribution in [1.82, 2.24) is 4.90 Å². The summed E-state index contributed by atoms with van der Waals surface area (Å²) in [5.74, 6) is 2.34. The molecule has 0 bridgehead atoms. The third-order valence-electron chi connectivity index (χ3n) is 6.81. The number of hydrogen-bond acceptors (Lipinski definition) is 3. The number of ketones is 1. The Labute approximate surface area is 174 Å². The summed E-state index contributed by atoms with van der Waals surface area (Å²) in [6.07, 6.45) is 5.12. The number of benzene rings is 2. The lowest BCUT2D eigenvalue weighted by molar-refractivity contribution is 0.0304. The van der Waals surface area contributed by atoms with Gasteiger partial charge in [0.2, 0.25) is 0 Å². The van der Waals surface area contributed by atoms with Gasteiger partial charge in [-0.1, -0.05) is 38.5 Å². The zero-order chi connectivity index (χ0) is 19.0. The number of ether oxygens (including phenoxy) is 1. The van der Waals surface area contributed by atoms with Crippen molar-refractivity contribution in [3.05, 3.63) is 42.0 Å². The predicted octanol–water partition coefficient (Wildman–Crippen LogP) is 5.60. The van der Waals surface area contributed by atoms with Crippen LogP contribution in [-0.4, -0.2) is 36.9 Å². The summed E-state index contributed by atoms with van der Waals surface area (Å²) < 4.78 is 5.31. The molecule has 1 aliphatic heterocycles. The number of methoxy groups -OCH3 is 1. The van der Waals surface area contributed by atoms with Crippen LogP contribution in [0, 0.1) is 17.8 Å². The van der Waals surface area contributed by atoms with Crippen molar-refractivity contribution in [2.45, 2.75) is 45.6 Å². The smallest absolute Gasteiger partial charge is 0.167 e. The number of Topliss-reactive ketones (excluding diaryl/α,β-unsaturated/α-hetero) is 1. The van der Waals surface area contributed by atoms with E-state index in [1.165, 1.54) is 19.3 Å². The van der Waals surface area contributed by atoms with E-state index in [0.717, 1.165) is 47.6 Å². The zero-order valence-electron chi connectivity index (χ0n) is 17.2. The number of hydrogen-bond donors (Lipinski definition) is 0. The van der Waals surface area contributed by atoms with Gasteiger partial charge < -0.3 is 4.74 Å². The van der Waals surface area contributed by atoms with E-state index in [4.69, 9.17) is 4.74 Å². The van der Waals surface area contributed by atoms with E-state index in [1.807, 2.05) is 24.3 Å². The van der Waals surface area contributed by atoms with E-state index in [-0.39, 0.29) is 18.3 Å². The Hall–Kier alpha value is -1.58. The van der Waals surface area contributed by atoms with Crippen LogP contribution in [0.25, 0.3) is 10.8 Å². The van der Waals surface area contributed by atoms with Crippen molar-refractivity contribution < 1.29 is 9.53 Å². The Morgan fingerprint density at radius 1 is 1.07 bits per heavy atom. The minimum atomic E-state index is 0. The number of carbonyl (C=O) groups is 1. The van der Waals surface area contributed by atoms with E-state index < -0.39 is 0 Å². The highest BCUT2D eigenvalue weighted by atomic mass is 35.5. The highest BCUT2D eigenvalue weighted by Crippen LogP contribution is 2.36. The molecular formula is C24H32ClNO2. The van der Waals surface area contributed by atoms with Crippen LogP contribution in [0.4, 0.5) is 0 Å². The zero-order valence-corrected chi connectivity index (χ0v) is 18.0. The van der Waals surface area contributed by atoms with Gasteiger partial charge in [-0.25, -0.2) is 0 Å². The summed E-state index contributed by atoms with van der Waals surface area (Å²) in [6, 6.07) is 12.9. The number of fused-ring (bicyclic) bond motifs is 1. The quantitative estimate of drug-likeness (QED) is 0.610. The van der Waals surface area contributed by atoms with E-state index in [1.54, 1.807) is 7.11 Å². The number of rotatable bonds is 5. The van der Waals surface area contributed by atoms with E-state index in [0.29, 0.717) is 17.6 Å². The minimum Gasteiger partial charge on any atom is -0.497 e. The molecule has 2 aliphatic rings. The van der Waals surface area contributed by atoms with Crippen molar-refractivity contribution >= 4 is 29.0 Å². The van der Waals surface area contributed by atoms with E-state index in [2.05, 4.69) is 30.9 Å². The normalized spacial score (nSPS) is 23.3. The standard InChI is InChI=1S/C24H31NO2.ClH/c1-16(2)22-11-12-25(20-5-4-6-20)15-23(22)24(26)19-8-7-18-14-21(27-3)10-9-17(18)13-19;/h7-10,13-14,16,20,22-23H,4-6,11-12,15H2,1-3H3;1H/t22-,23-;/m0./s1. The van der Waals surface area contributed by atoms with Gasteiger partial charge in [0.1, 0.15) is 5.75 Å². The fourth-order valence-electron chi connectivity index (χ4n) is 4.87. The maximum atomic E-state index is 13.5. The number of carbonyl (C=O) groups excluding carboxylic acids is 1. The van der Waals surface area contributed by atoms with E-state index >= 15 is 0 Å².